The van der Waals surface area contributed by atoms with Gasteiger partial charge in [0.05, 0.1) is 0 Å². The van der Waals surface area contributed by atoms with Gasteiger partial charge in [-0.15, -0.1) is 0 Å². The number of hydrogen-bond acceptors (Lipinski definition) is 3. The van der Waals surface area contributed by atoms with Crippen molar-refractivity contribution in [2.45, 2.75) is 51.6 Å². The van der Waals surface area contributed by atoms with E-state index in [0.717, 1.165) is 36.8 Å². The van der Waals surface area contributed by atoms with E-state index in [9.17, 15) is 9.59 Å². The molecule has 0 aromatic heterocycles. The second kappa shape index (κ2) is 8.39. The zero-order chi connectivity index (χ0) is 18.5. The van der Waals surface area contributed by atoms with E-state index in [2.05, 4.69) is 30.3 Å². The molecule has 0 bridgehead atoms. The molecule has 2 aliphatic rings. The fourth-order valence-corrected chi connectivity index (χ4v) is 4.02. The molecule has 0 radical (unpaired) electrons. The first kappa shape index (κ1) is 18.5. The van der Waals surface area contributed by atoms with Gasteiger partial charge in [0.25, 0.3) is 0 Å². The predicted octanol–water partition coefficient (Wildman–Crippen LogP) is 4.64. The molecule has 1 saturated heterocycles. The summed E-state index contributed by atoms with van der Waals surface area (Å²) in [6.07, 6.45) is 7.39. The lowest BCUT2D eigenvalue weighted by Crippen LogP contribution is -2.35. The van der Waals surface area contributed by atoms with Gasteiger partial charge in [-0.3, -0.25) is 4.79 Å². The standard InChI is InChI=1S/C21H27NO4/c1-15(23)26-20(18-4-2-3-5-18)19-8-6-16(7-9-19)14-17-10-12-22(13-11-17)21(24)25/h6-9,14,18,20H,2-5,10-13H2,1H3,(H,24,25). The highest BCUT2D eigenvalue weighted by Gasteiger charge is 2.28. The summed E-state index contributed by atoms with van der Waals surface area (Å²) in [7, 11) is 0. The van der Waals surface area contributed by atoms with Crippen molar-refractivity contribution in [3.63, 3.8) is 0 Å². The highest BCUT2D eigenvalue weighted by Crippen LogP contribution is 2.38. The second-order valence-corrected chi connectivity index (χ2v) is 7.31. The molecule has 1 atom stereocenters. The fraction of sp³-hybridized carbons (Fsp3) is 0.524. The largest absolute Gasteiger partial charge is 0.465 e. The van der Waals surface area contributed by atoms with Gasteiger partial charge >= 0.3 is 12.1 Å². The van der Waals surface area contributed by atoms with Crippen LogP contribution in [0.3, 0.4) is 0 Å². The zero-order valence-electron chi connectivity index (χ0n) is 15.3. The number of amides is 1. The van der Waals surface area contributed by atoms with Crippen molar-refractivity contribution in [2.75, 3.05) is 13.1 Å². The molecule has 26 heavy (non-hydrogen) atoms. The Hall–Kier alpha value is -2.30. The lowest BCUT2D eigenvalue weighted by atomic mass is 9.93. The van der Waals surface area contributed by atoms with Crippen LogP contribution in [0.1, 0.15) is 62.7 Å². The van der Waals surface area contributed by atoms with Crippen LogP contribution in [0.25, 0.3) is 6.08 Å². The Morgan fingerprint density at radius 3 is 2.31 bits per heavy atom. The van der Waals surface area contributed by atoms with Gasteiger partial charge in [-0.1, -0.05) is 48.8 Å². The van der Waals surface area contributed by atoms with Crippen molar-refractivity contribution in [1.29, 1.82) is 0 Å². The zero-order valence-corrected chi connectivity index (χ0v) is 15.3. The molecule has 1 aromatic rings. The summed E-state index contributed by atoms with van der Waals surface area (Å²) in [6, 6.07) is 8.25. The van der Waals surface area contributed by atoms with Crippen LogP contribution in [0.5, 0.6) is 0 Å². The number of piperidine rings is 1. The third kappa shape index (κ3) is 4.65. The lowest BCUT2D eigenvalue weighted by Gasteiger charge is -2.26. The van der Waals surface area contributed by atoms with Crippen molar-refractivity contribution in [2.24, 2.45) is 5.92 Å². The molecule has 1 unspecified atom stereocenters. The smallest absolute Gasteiger partial charge is 0.407 e. The van der Waals surface area contributed by atoms with Crippen LogP contribution in [-0.4, -0.2) is 35.2 Å². The van der Waals surface area contributed by atoms with Crippen molar-refractivity contribution in [1.82, 2.24) is 4.90 Å². The fourth-order valence-electron chi connectivity index (χ4n) is 4.02. The SMILES string of the molecule is CC(=O)OC(c1ccc(C=C2CCN(C(=O)O)CC2)cc1)C1CCCC1. The van der Waals surface area contributed by atoms with E-state index in [-0.39, 0.29) is 12.1 Å². The summed E-state index contributed by atoms with van der Waals surface area (Å²) in [6.45, 7) is 2.61. The Morgan fingerprint density at radius 2 is 1.77 bits per heavy atom. The van der Waals surface area contributed by atoms with E-state index >= 15 is 0 Å². The Balaban J connectivity index is 1.68. The van der Waals surface area contributed by atoms with Crippen LogP contribution in [0, 0.1) is 5.92 Å². The highest BCUT2D eigenvalue weighted by molar-refractivity contribution is 5.66. The molecule has 1 N–H and O–H groups in total. The number of rotatable bonds is 4. The van der Waals surface area contributed by atoms with E-state index < -0.39 is 6.09 Å². The quantitative estimate of drug-likeness (QED) is 0.797. The number of carbonyl (C=O) groups excluding carboxylic acids is 1. The topological polar surface area (TPSA) is 66.8 Å². The van der Waals surface area contributed by atoms with E-state index in [1.165, 1.54) is 30.2 Å². The monoisotopic (exact) mass is 357 g/mol. The minimum absolute atomic E-state index is 0.143. The van der Waals surface area contributed by atoms with Gasteiger partial charge in [0.1, 0.15) is 6.10 Å². The third-order valence-corrected chi connectivity index (χ3v) is 5.43. The van der Waals surface area contributed by atoms with Crippen molar-refractivity contribution >= 4 is 18.1 Å². The van der Waals surface area contributed by atoms with Crippen molar-refractivity contribution < 1.29 is 19.4 Å². The minimum atomic E-state index is -0.836. The number of carbonyl (C=O) groups is 2. The molecule has 1 aliphatic heterocycles. The molecule has 5 nitrogen and oxygen atoms in total. The average Bonchev–Trinajstić information content (AvgIpc) is 3.15. The van der Waals surface area contributed by atoms with E-state index in [0.29, 0.717) is 19.0 Å². The van der Waals surface area contributed by atoms with Crippen LogP contribution in [0.2, 0.25) is 0 Å². The summed E-state index contributed by atoms with van der Waals surface area (Å²) in [5.41, 5.74) is 3.46. The summed E-state index contributed by atoms with van der Waals surface area (Å²) in [4.78, 5) is 24.0. The number of carboxylic acid groups (broad SMARTS) is 1. The maximum absolute atomic E-state index is 11.5. The maximum atomic E-state index is 11.5. The molecule has 1 aromatic carbocycles. The van der Waals surface area contributed by atoms with Crippen molar-refractivity contribution in [3.8, 4) is 0 Å². The molecule has 5 heteroatoms. The maximum Gasteiger partial charge on any atom is 0.407 e. The van der Waals surface area contributed by atoms with Crippen LogP contribution >= 0.6 is 0 Å². The minimum Gasteiger partial charge on any atom is -0.465 e. The Bertz CT molecular complexity index is 664. The van der Waals surface area contributed by atoms with Crippen molar-refractivity contribution in [3.05, 3.63) is 41.0 Å². The average molecular weight is 357 g/mol. The molecule has 1 heterocycles. The van der Waals surface area contributed by atoms with E-state index in [4.69, 9.17) is 9.84 Å². The van der Waals surface area contributed by atoms with Gasteiger partial charge in [-0.05, 0) is 36.8 Å². The molecule has 1 amide bonds. The van der Waals surface area contributed by atoms with E-state index in [1.807, 2.05) is 0 Å². The van der Waals surface area contributed by atoms with Crippen LogP contribution in [0.15, 0.2) is 29.8 Å². The van der Waals surface area contributed by atoms with Crippen LogP contribution in [0.4, 0.5) is 4.79 Å². The summed E-state index contributed by atoms with van der Waals surface area (Å²) in [5, 5.41) is 9.02. The second-order valence-electron chi connectivity index (χ2n) is 7.31. The van der Waals surface area contributed by atoms with Gasteiger partial charge in [0, 0.05) is 25.9 Å². The number of hydrogen-bond donors (Lipinski definition) is 1. The number of nitrogens with zero attached hydrogens (tertiary/aromatic N) is 1. The van der Waals surface area contributed by atoms with Gasteiger partial charge in [0.15, 0.2) is 0 Å². The van der Waals surface area contributed by atoms with Gasteiger partial charge < -0.3 is 14.7 Å². The molecule has 140 valence electrons. The van der Waals surface area contributed by atoms with Crippen LogP contribution in [-0.2, 0) is 9.53 Å². The predicted molar refractivity (Wildman–Crippen MR) is 99.7 cm³/mol. The molecular formula is C21H27NO4. The number of ether oxygens (including phenoxy) is 1. The number of likely N-dealkylation sites (tertiary alicyclic amines) is 1. The number of esters is 1. The molecule has 2 fully saturated rings. The molecule has 3 rings (SSSR count). The Kier molecular flexibility index (Phi) is 5.96. The highest BCUT2D eigenvalue weighted by atomic mass is 16.5. The summed E-state index contributed by atoms with van der Waals surface area (Å²) in [5.74, 6) is 0.196. The normalized spacial score (nSPS) is 19.3. The van der Waals surface area contributed by atoms with Gasteiger partial charge in [-0.2, -0.15) is 0 Å². The van der Waals surface area contributed by atoms with Crippen LogP contribution < -0.4 is 0 Å². The molecule has 1 saturated carbocycles. The first-order valence-electron chi connectivity index (χ1n) is 9.47. The summed E-state index contributed by atoms with van der Waals surface area (Å²) < 4.78 is 5.63. The third-order valence-electron chi connectivity index (χ3n) is 5.43. The van der Waals surface area contributed by atoms with Gasteiger partial charge in [-0.25, -0.2) is 4.79 Å². The molecular weight excluding hydrogens is 330 g/mol. The first-order valence-corrected chi connectivity index (χ1v) is 9.47. The van der Waals surface area contributed by atoms with Gasteiger partial charge in [0.2, 0.25) is 0 Å². The Morgan fingerprint density at radius 1 is 1.15 bits per heavy atom. The Labute approximate surface area is 154 Å². The summed E-state index contributed by atoms with van der Waals surface area (Å²) >= 11 is 0. The molecule has 1 aliphatic carbocycles. The molecule has 0 spiro atoms. The first-order chi connectivity index (χ1) is 12.5. The number of benzene rings is 1. The van der Waals surface area contributed by atoms with E-state index in [1.54, 1.807) is 0 Å². The lowest BCUT2D eigenvalue weighted by molar-refractivity contribution is -0.149.